The minimum Gasteiger partial charge on any atom is -0.401 e. The molecule has 0 aliphatic carbocycles. The van der Waals surface area contributed by atoms with Crippen LogP contribution in [-0.4, -0.2) is 14.4 Å². The number of rotatable bonds is 12. The van der Waals surface area contributed by atoms with E-state index in [1.54, 1.807) is 0 Å². The van der Waals surface area contributed by atoms with E-state index >= 15 is 0 Å². The van der Waals surface area contributed by atoms with Crippen LogP contribution in [0.5, 0.6) is 0 Å². The van der Waals surface area contributed by atoms with Gasteiger partial charge in [-0.05, 0) is 45.6 Å². The minimum atomic E-state index is -2.61. The maximum atomic E-state index is 7.33. The summed E-state index contributed by atoms with van der Waals surface area (Å²) in [5, 5.41) is 2.56. The first kappa shape index (κ1) is 28.1. The zero-order chi connectivity index (χ0) is 24.7. The van der Waals surface area contributed by atoms with E-state index in [4.69, 9.17) is 4.43 Å². The lowest BCUT2D eigenvalue weighted by molar-refractivity contribution is 0.236. The van der Waals surface area contributed by atoms with Crippen LogP contribution < -0.4 is 10.4 Å². The van der Waals surface area contributed by atoms with E-state index in [0.717, 1.165) is 12.8 Å². The van der Waals surface area contributed by atoms with Gasteiger partial charge in [0, 0.05) is 15.9 Å². The van der Waals surface area contributed by atoms with Gasteiger partial charge in [0.15, 0.2) is 0 Å². The largest absolute Gasteiger partial charge is 0.401 e. The fourth-order valence-electron chi connectivity index (χ4n) is 4.27. The quantitative estimate of drug-likeness (QED) is 0.0882. The number of halogens is 1. The SMILES string of the molecule is CCCCC/C=C\C[C@H](/C=C/C=C/C#CBr)O[Si](c1ccccc1)(c1ccccc1)C(C)(C)C. The molecule has 0 spiro atoms. The summed E-state index contributed by atoms with van der Waals surface area (Å²) in [5.41, 5.74) is 0. The second kappa shape index (κ2) is 15.0. The van der Waals surface area contributed by atoms with Crippen molar-refractivity contribution in [2.75, 3.05) is 0 Å². The first-order chi connectivity index (χ1) is 16.5. The second-order valence-corrected chi connectivity index (χ2v) is 14.2. The van der Waals surface area contributed by atoms with Crippen LogP contribution >= 0.6 is 15.9 Å². The molecular weight excluding hydrogens is 496 g/mol. The number of unbranched alkanes of at least 4 members (excludes halogenated alkanes) is 3. The van der Waals surface area contributed by atoms with Crippen LogP contribution in [0.4, 0.5) is 0 Å². The highest BCUT2D eigenvalue weighted by atomic mass is 79.9. The molecule has 0 saturated heterocycles. The lowest BCUT2D eigenvalue weighted by Crippen LogP contribution is -2.67. The van der Waals surface area contributed by atoms with Crippen LogP contribution in [0.1, 0.15) is 59.8 Å². The topological polar surface area (TPSA) is 9.23 Å². The highest BCUT2D eigenvalue weighted by Crippen LogP contribution is 2.38. The molecule has 0 aliphatic rings. The predicted octanol–water partition coefficient (Wildman–Crippen LogP) is 7.93. The molecular formula is C31H39BrOSi. The summed E-state index contributed by atoms with van der Waals surface area (Å²) in [6.45, 7) is 9.22. The Morgan fingerprint density at radius 2 is 1.53 bits per heavy atom. The van der Waals surface area contributed by atoms with Gasteiger partial charge in [0.1, 0.15) is 0 Å². The summed E-state index contributed by atoms with van der Waals surface area (Å²) in [6, 6.07) is 21.7. The van der Waals surface area contributed by atoms with Gasteiger partial charge >= 0.3 is 0 Å². The molecule has 0 radical (unpaired) electrons. The maximum Gasteiger partial charge on any atom is 0.261 e. The van der Waals surface area contributed by atoms with Crippen molar-refractivity contribution < 1.29 is 4.43 Å². The molecule has 0 aliphatic heterocycles. The number of benzene rings is 2. The highest BCUT2D eigenvalue weighted by Gasteiger charge is 2.51. The van der Waals surface area contributed by atoms with Gasteiger partial charge in [-0.1, -0.05) is 138 Å². The maximum absolute atomic E-state index is 7.33. The Hall–Kier alpha value is -2.12. The third-order valence-corrected chi connectivity index (χ3v) is 11.2. The van der Waals surface area contributed by atoms with Crippen LogP contribution in [0, 0.1) is 10.8 Å². The molecule has 2 aromatic carbocycles. The van der Waals surface area contributed by atoms with E-state index in [2.05, 4.69) is 139 Å². The Labute approximate surface area is 217 Å². The molecule has 1 atom stereocenters. The Morgan fingerprint density at radius 3 is 2.06 bits per heavy atom. The Balaban J connectivity index is 2.48. The third-order valence-electron chi connectivity index (χ3n) is 5.93. The summed E-state index contributed by atoms with van der Waals surface area (Å²) in [7, 11) is -2.61. The predicted molar refractivity (Wildman–Crippen MR) is 155 cm³/mol. The van der Waals surface area contributed by atoms with Crippen molar-refractivity contribution in [2.24, 2.45) is 0 Å². The third kappa shape index (κ3) is 8.27. The van der Waals surface area contributed by atoms with Crippen molar-refractivity contribution in [3.63, 3.8) is 0 Å². The minimum absolute atomic E-state index is 0.0321. The molecule has 0 bridgehead atoms. The molecule has 0 heterocycles. The second-order valence-electron chi connectivity index (χ2n) is 9.51. The Bertz CT molecular complexity index is 935. The van der Waals surface area contributed by atoms with Gasteiger partial charge in [-0.2, -0.15) is 0 Å². The van der Waals surface area contributed by atoms with Crippen LogP contribution in [0.15, 0.2) is 97.1 Å². The smallest absolute Gasteiger partial charge is 0.261 e. The molecule has 0 fully saturated rings. The van der Waals surface area contributed by atoms with Crippen molar-refractivity contribution in [3.05, 3.63) is 97.1 Å². The van der Waals surface area contributed by atoms with Gasteiger partial charge < -0.3 is 4.43 Å². The number of allylic oxidation sites excluding steroid dienone is 4. The van der Waals surface area contributed by atoms with Crippen LogP contribution in [0.2, 0.25) is 5.04 Å². The first-order valence-corrected chi connectivity index (χ1v) is 15.0. The molecule has 0 N–H and O–H groups in total. The van der Waals surface area contributed by atoms with Gasteiger partial charge in [0.25, 0.3) is 8.32 Å². The fourth-order valence-corrected chi connectivity index (χ4v) is 9.04. The van der Waals surface area contributed by atoms with Crippen LogP contribution in [-0.2, 0) is 4.43 Å². The molecule has 0 saturated carbocycles. The molecule has 180 valence electrons. The highest BCUT2D eigenvalue weighted by molar-refractivity contribution is 9.12. The van der Waals surface area contributed by atoms with Crippen LogP contribution in [0.25, 0.3) is 0 Å². The van der Waals surface area contributed by atoms with Gasteiger partial charge in [0.2, 0.25) is 0 Å². The summed E-state index contributed by atoms with van der Waals surface area (Å²) < 4.78 is 7.33. The van der Waals surface area contributed by atoms with Gasteiger partial charge in [-0.3, -0.25) is 0 Å². The molecule has 2 aromatic rings. The fraction of sp³-hybridized carbons (Fsp3) is 0.355. The van der Waals surface area contributed by atoms with Gasteiger partial charge in [0.05, 0.1) is 6.10 Å². The van der Waals surface area contributed by atoms with Gasteiger partial charge in [-0.25, -0.2) is 0 Å². The lowest BCUT2D eigenvalue weighted by Gasteiger charge is -2.44. The van der Waals surface area contributed by atoms with Crippen molar-refractivity contribution in [1.29, 1.82) is 0 Å². The van der Waals surface area contributed by atoms with Crippen molar-refractivity contribution in [2.45, 2.75) is 70.9 Å². The van der Waals surface area contributed by atoms with E-state index in [-0.39, 0.29) is 11.1 Å². The average molecular weight is 536 g/mol. The number of hydrogen-bond acceptors (Lipinski definition) is 1. The summed E-state index contributed by atoms with van der Waals surface area (Å²) in [4.78, 5) is 2.72. The number of hydrogen-bond donors (Lipinski definition) is 0. The molecule has 0 unspecified atom stereocenters. The van der Waals surface area contributed by atoms with Crippen molar-refractivity contribution >= 4 is 34.6 Å². The molecule has 1 nitrogen and oxygen atoms in total. The molecule has 0 amide bonds. The summed E-state index contributed by atoms with van der Waals surface area (Å²) in [6.07, 6.45) is 18.4. The first-order valence-electron chi connectivity index (χ1n) is 12.3. The standard InChI is InChI=1S/C31H39BrOSi/c1-5-6-7-8-9-14-21-28(22-15-10-11-20-27-32)33-34(31(2,3)4,29-23-16-12-17-24-29)30-25-18-13-19-26-30/h9-19,22-26,28H,5-8,21H2,1-4H3/b11-10+,14-9-,22-15+/t28-/m1/s1. The van der Waals surface area contributed by atoms with E-state index in [1.165, 1.54) is 29.6 Å². The Morgan fingerprint density at radius 1 is 0.912 bits per heavy atom. The van der Waals surface area contributed by atoms with Crippen LogP contribution in [0.3, 0.4) is 0 Å². The lowest BCUT2D eigenvalue weighted by atomic mass is 10.1. The molecule has 2 rings (SSSR count). The molecule has 34 heavy (non-hydrogen) atoms. The van der Waals surface area contributed by atoms with Gasteiger partial charge in [-0.15, -0.1) is 0 Å². The van der Waals surface area contributed by atoms with E-state index in [1.807, 2.05) is 12.2 Å². The van der Waals surface area contributed by atoms with E-state index in [9.17, 15) is 0 Å². The Kier molecular flexibility index (Phi) is 12.4. The van der Waals surface area contributed by atoms with Crippen molar-refractivity contribution in [1.82, 2.24) is 0 Å². The average Bonchev–Trinajstić information content (AvgIpc) is 2.84. The summed E-state index contributed by atoms with van der Waals surface area (Å²) >= 11 is 3.14. The monoisotopic (exact) mass is 534 g/mol. The zero-order valence-electron chi connectivity index (χ0n) is 21.1. The molecule has 3 heteroatoms. The zero-order valence-corrected chi connectivity index (χ0v) is 23.7. The molecule has 0 aromatic heterocycles. The van der Waals surface area contributed by atoms with E-state index < -0.39 is 8.32 Å². The van der Waals surface area contributed by atoms with E-state index in [0.29, 0.717) is 0 Å². The van der Waals surface area contributed by atoms with Crippen molar-refractivity contribution in [3.8, 4) is 10.8 Å². The normalized spacial score (nSPS) is 13.4. The summed E-state index contributed by atoms with van der Waals surface area (Å²) in [5.74, 6) is 2.91.